The molecule has 0 saturated heterocycles. The first-order chi connectivity index (χ1) is 17.2. The predicted molar refractivity (Wildman–Crippen MR) is 136 cm³/mol. The third-order valence-electron chi connectivity index (χ3n) is 5.19. The molecule has 3 aromatic carbocycles. The maximum atomic E-state index is 13.2. The highest BCUT2D eigenvalue weighted by atomic mass is 32.2. The molecular formula is C27H21N3O4S. The number of rotatable bonds is 8. The summed E-state index contributed by atoms with van der Waals surface area (Å²) in [6, 6.07) is 27.3. The van der Waals surface area contributed by atoms with Gasteiger partial charge in [-0.1, -0.05) is 54.2 Å². The first kappa shape index (κ1) is 22.5. The van der Waals surface area contributed by atoms with Crippen LogP contribution >= 0.6 is 11.8 Å². The minimum absolute atomic E-state index is 0.0581. The Bertz CT molecular complexity index is 1520. The van der Waals surface area contributed by atoms with Gasteiger partial charge in [0.2, 0.25) is 5.91 Å². The van der Waals surface area contributed by atoms with Crippen LogP contribution in [0.5, 0.6) is 11.5 Å². The second kappa shape index (κ2) is 10.3. The number of nitrogens with zero attached hydrogens (tertiary/aromatic N) is 2. The third-order valence-corrected chi connectivity index (χ3v) is 6.16. The van der Waals surface area contributed by atoms with E-state index in [4.69, 9.17) is 9.15 Å². The fourth-order valence-corrected chi connectivity index (χ4v) is 4.35. The zero-order valence-corrected chi connectivity index (χ0v) is 19.4. The van der Waals surface area contributed by atoms with E-state index in [1.807, 2.05) is 48.5 Å². The maximum absolute atomic E-state index is 13.2. The summed E-state index contributed by atoms with van der Waals surface area (Å²) in [5.41, 5.74) is 0.954. The highest BCUT2D eigenvalue weighted by molar-refractivity contribution is 7.99. The number of hydrogen-bond donors (Lipinski definition) is 1. The van der Waals surface area contributed by atoms with Crippen molar-refractivity contribution in [3.63, 3.8) is 0 Å². The van der Waals surface area contributed by atoms with Gasteiger partial charge in [0.05, 0.1) is 35.2 Å². The molecule has 2 aromatic heterocycles. The Balaban J connectivity index is 1.35. The molecule has 35 heavy (non-hydrogen) atoms. The highest BCUT2D eigenvalue weighted by Crippen LogP contribution is 2.29. The van der Waals surface area contributed by atoms with Crippen molar-refractivity contribution in [3.05, 3.63) is 113 Å². The molecule has 8 heteroatoms. The van der Waals surface area contributed by atoms with E-state index in [0.717, 1.165) is 0 Å². The lowest BCUT2D eigenvalue weighted by Crippen LogP contribution is -2.24. The van der Waals surface area contributed by atoms with Crippen LogP contribution in [0, 0.1) is 0 Å². The summed E-state index contributed by atoms with van der Waals surface area (Å²) in [7, 11) is 0. The molecule has 1 amide bonds. The number of carbonyl (C=O) groups is 1. The number of thioether (sulfide) groups is 1. The number of aromatic nitrogens is 2. The number of para-hydroxylation sites is 4. The standard InChI is InChI=1S/C27H21N3O4S/c31-25(28-23-14-6-7-15-24(23)34-19-9-2-1-3-10-19)18-35-27-29-22-13-5-4-12-21(22)26(32)30(27)17-20-11-8-16-33-20/h1-16H,17-18H2,(H,28,31). The maximum Gasteiger partial charge on any atom is 0.262 e. The molecule has 0 unspecified atom stereocenters. The van der Waals surface area contributed by atoms with E-state index in [9.17, 15) is 9.59 Å². The predicted octanol–water partition coefficient (Wildman–Crippen LogP) is 5.56. The fraction of sp³-hybridized carbons (Fsp3) is 0.0741. The van der Waals surface area contributed by atoms with E-state index in [2.05, 4.69) is 10.3 Å². The van der Waals surface area contributed by atoms with Crippen molar-refractivity contribution in [1.82, 2.24) is 9.55 Å². The van der Waals surface area contributed by atoms with Gasteiger partial charge >= 0.3 is 0 Å². The molecule has 0 atom stereocenters. The summed E-state index contributed by atoms with van der Waals surface area (Å²) in [6.45, 7) is 0.224. The molecule has 1 N–H and O–H groups in total. The summed E-state index contributed by atoms with van der Waals surface area (Å²) in [6.07, 6.45) is 1.56. The molecule has 2 heterocycles. The Labute approximate surface area is 205 Å². The number of fused-ring (bicyclic) bond motifs is 1. The Kier molecular flexibility index (Phi) is 6.63. The van der Waals surface area contributed by atoms with Crippen molar-refractivity contribution in [2.24, 2.45) is 0 Å². The number of carbonyl (C=O) groups excluding carboxylic acids is 1. The van der Waals surface area contributed by atoms with Gasteiger partial charge in [0.15, 0.2) is 10.9 Å². The first-order valence-corrected chi connectivity index (χ1v) is 11.9. The largest absolute Gasteiger partial charge is 0.467 e. The molecule has 0 bridgehead atoms. The summed E-state index contributed by atoms with van der Waals surface area (Å²) >= 11 is 1.19. The van der Waals surface area contributed by atoms with Crippen molar-refractivity contribution in [3.8, 4) is 11.5 Å². The lowest BCUT2D eigenvalue weighted by Gasteiger charge is -2.13. The fourth-order valence-electron chi connectivity index (χ4n) is 3.55. The van der Waals surface area contributed by atoms with Gasteiger partial charge in [-0.2, -0.15) is 0 Å². The van der Waals surface area contributed by atoms with Crippen LogP contribution in [-0.2, 0) is 11.3 Å². The van der Waals surface area contributed by atoms with Gasteiger partial charge in [-0.05, 0) is 48.5 Å². The SMILES string of the molecule is O=C(CSc1nc2ccccc2c(=O)n1Cc1ccco1)Nc1ccccc1Oc1ccccc1. The number of nitrogens with one attached hydrogen (secondary N) is 1. The van der Waals surface area contributed by atoms with Crippen molar-refractivity contribution in [2.75, 3.05) is 11.1 Å². The highest BCUT2D eigenvalue weighted by Gasteiger charge is 2.15. The Hall–Kier alpha value is -4.30. The van der Waals surface area contributed by atoms with Crippen molar-refractivity contribution < 1.29 is 13.9 Å². The second-order valence-electron chi connectivity index (χ2n) is 7.63. The molecule has 0 aliphatic heterocycles. The van der Waals surface area contributed by atoms with Crippen LogP contribution < -0.4 is 15.6 Å². The number of anilines is 1. The Morgan fingerprint density at radius 3 is 2.54 bits per heavy atom. The molecule has 5 aromatic rings. The van der Waals surface area contributed by atoms with Crippen LogP contribution in [-0.4, -0.2) is 21.2 Å². The quantitative estimate of drug-likeness (QED) is 0.230. The second-order valence-corrected chi connectivity index (χ2v) is 8.57. The normalized spacial score (nSPS) is 10.9. The summed E-state index contributed by atoms with van der Waals surface area (Å²) in [5, 5.41) is 3.85. The van der Waals surface area contributed by atoms with Gasteiger partial charge in [0.25, 0.3) is 5.56 Å². The lowest BCUT2D eigenvalue weighted by atomic mass is 10.2. The van der Waals surface area contributed by atoms with Crippen LogP contribution in [0.25, 0.3) is 10.9 Å². The van der Waals surface area contributed by atoms with Gasteiger partial charge in [0.1, 0.15) is 11.5 Å². The van der Waals surface area contributed by atoms with Gasteiger partial charge < -0.3 is 14.5 Å². The summed E-state index contributed by atoms with van der Waals surface area (Å²) in [4.78, 5) is 30.7. The average Bonchev–Trinajstić information content (AvgIpc) is 3.40. The average molecular weight is 484 g/mol. The smallest absolute Gasteiger partial charge is 0.262 e. The monoisotopic (exact) mass is 483 g/mol. The van der Waals surface area contributed by atoms with E-state index < -0.39 is 0 Å². The topological polar surface area (TPSA) is 86.4 Å². The van der Waals surface area contributed by atoms with E-state index in [1.54, 1.807) is 48.7 Å². The van der Waals surface area contributed by atoms with E-state index in [-0.39, 0.29) is 23.8 Å². The molecule has 7 nitrogen and oxygen atoms in total. The molecule has 0 saturated carbocycles. The van der Waals surface area contributed by atoms with Crippen LogP contribution in [0.2, 0.25) is 0 Å². The number of furan rings is 1. The number of amides is 1. The molecule has 0 aliphatic carbocycles. The molecule has 0 aliphatic rings. The lowest BCUT2D eigenvalue weighted by molar-refractivity contribution is -0.113. The van der Waals surface area contributed by atoms with Crippen molar-refractivity contribution in [1.29, 1.82) is 0 Å². The van der Waals surface area contributed by atoms with Crippen molar-refractivity contribution in [2.45, 2.75) is 11.7 Å². The van der Waals surface area contributed by atoms with E-state index in [0.29, 0.717) is 39.0 Å². The van der Waals surface area contributed by atoms with E-state index in [1.165, 1.54) is 16.3 Å². The molecule has 5 rings (SSSR count). The van der Waals surface area contributed by atoms with Crippen LogP contribution in [0.15, 0.2) is 112 Å². The third kappa shape index (κ3) is 5.28. The minimum atomic E-state index is -0.244. The van der Waals surface area contributed by atoms with Gasteiger partial charge in [0, 0.05) is 0 Å². The molecule has 174 valence electrons. The minimum Gasteiger partial charge on any atom is -0.467 e. The van der Waals surface area contributed by atoms with E-state index >= 15 is 0 Å². The molecule has 0 spiro atoms. The molecular weight excluding hydrogens is 462 g/mol. The van der Waals surface area contributed by atoms with Gasteiger partial charge in [-0.3, -0.25) is 14.2 Å². The molecule has 0 fully saturated rings. The Morgan fingerprint density at radius 1 is 0.943 bits per heavy atom. The van der Waals surface area contributed by atoms with Crippen molar-refractivity contribution >= 4 is 34.3 Å². The number of benzene rings is 3. The Morgan fingerprint density at radius 2 is 1.71 bits per heavy atom. The van der Waals surface area contributed by atoms with Crippen LogP contribution in [0.4, 0.5) is 5.69 Å². The first-order valence-electron chi connectivity index (χ1n) is 10.9. The van der Waals surface area contributed by atoms with Crippen LogP contribution in [0.3, 0.4) is 0 Å². The summed E-state index contributed by atoms with van der Waals surface area (Å²) < 4.78 is 12.9. The van der Waals surface area contributed by atoms with Crippen LogP contribution in [0.1, 0.15) is 5.76 Å². The van der Waals surface area contributed by atoms with Gasteiger partial charge in [-0.25, -0.2) is 4.98 Å². The zero-order valence-electron chi connectivity index (χ0n) is 18.6. The zero-order chi connectivity index (χ0) is 24.0. The number of ether oxygens (including phenoxy) is 1. The number of hydrogen-bond acceptors (Lipinski definition) is 6. The van der Waals surface area contributed by atoms with Gasteiger partial charge in [-0.15, -0.1) is 0 Å². The summed E-state index contributed by atoms with van der Waals surface area (Å²) in [5.74, 6) is 1.65. The molecule has 0 radical (unpaired) electrons.